The molecule has 0 saturated carbocycles. The van der Waals surface area contributed by atoms with E-state index in [1.807, 2.05) is 41.1 Å². The summed E-state index contributed by atoms with van der Waals surface area (Å²) >= 11 is 0. The van der Waals surface area contributed by atoms with Crippen LogP contribution in [-0.4, -0.2) is 35.3 Å². The zero-order valence-electron chi connectivity index (χ0n) is 17.1. The Morgan fingerprint density at radius 1 is 1.00 bits per heavy atom. The zero-order chi connectivity index (χ0) is 21.9. The van der Waals surface area contributed by atoms with E-state index in [0.717, 1.165) is 21.6 Å². The Morgan fingerprint density at radius 3 is 2.42 bits per heavy atom. The highest BCUT2D eigenvalue weighted by Gasteiger charge is 2.21. The average molecular weight is 417 g/mol. The third-order valence-corrected chi connectivity index (χ3v) is 5.44. The average Bonchev–Trinajstić information content (AvgIpc) is 3.32. The Bertz CT molecular complexity index is 1590. The summed E-state index contributed by atoms with van der Waals surface area (Å²) in [7, 11) is 4.63. The Kier molecular flexibility index (Phi) is 4.01. The summed E-state index contributed by atoms with van der Waals surface area (Å²) in [4.78, 5) is 29.9. The number of fused-ring (bicyclic) bond motifs is 3. The molecule has 1 N–H and O–H groups in total. The third kappa shape index (κ3) is 2.67. The molecule has 0 aliphatic heterocycles. The molecule has 0 unspecified atom stereocenters. The SMILES string of the molecule is COc1ccc(-c2cn3c4c(=O)n(C)c(=O)n(C)c4nc3n2-c2cccc(O)c2)cc1. The molecule has 9 heteroatoms. The summed E-state index contributed by atoms with van der Waals surface area (Å²) in [6, 6.07) is 14.3. The van der Waals surface area contributed by atoms with Crippen LogP contribution in [0.1, 0.15) is 0 Å². The van der Waals surface area contributed by atoms with Gasteiger partial charge in [0.05, 0.1) is 18.5 Å². The molecule has 3 aromatic heterocycles. The molecular weight excluding hydrogens is 398 g/mol. The quantitative estimate of drug-likeness (QED) is 0.485. The molecule has 0 amide bonds. The number of phenolic OH excluding ortho intramolecular Hbond substituents is 1. The van der Waals surface area contributed by atoms with Crippen LogP contribution in [0.15, 0.2) is 64.3 Å². The molecule has 2 aromatic carbocycles. The number of aromatic nitrogens is 5. The second-order valence-corrected chi connectivity index (χ2v) is 7.26. The number of methoxy groups -OCH3 is 1. The Labute approximate surface area is 175 Å². The molecule has 0 aliphatic rings. The standard InChI is InChI=1S/C22H19N5O4/c1-24-19-18(20(29)25(2)22(24)30)26-12-17(13-7-9-16(31-3)10-8-13)27(21(26)23-19)14-5-4-6-15(28)11-14/h4-12,28H,1-3H3. The first kappa shape index (κ1) is 18.7. The van der Waals surface area contributed by atoms with Crippen molar-refractivity contribution in [3.05, 3.63) is 75.6 Å². The lowest BCUT2D eigenvalue weighted by molar-refractivity contribution is 0.415. The van der Waals surface area contributed by atoms with Crippen LogP contribution in [0.3, 0.4) is 0 Å². The molecular formula is C22H19N5O4. The minimum absolute atomic E-state index is 0.101. The van der Waals surface area contributed by atoms with Crippen molar-refractivity contribution in [2.75, 3.05) is 7.11 Å². The van der Waals surface area contributed by atoms with Gasteiger partial charge in [0.25, 0.3) is 5.56 Å². The topological polar surface area (TPSA) is 95.7 Å². The van der Waals surface area contributed by atoms with Crippen LogP contribution < -0.4 is 16.0 Å². The Balaban J connectivity index is 1.93. The molecule has 0 spiro atoms. The van der Waals surface area contributed by atoms with Crippen molar-refractivity contribution in [3.63, 3.8) is 0 Å². The van der Waals surface area contributed by atoms with Crippen molar-refractivity contribution in [3.8, 4) is 28.4 Å². The van der Waals surface area contributed by atoms with Crippen molar-refractivity contribution < 1.29 is 9.84 Å². The summed E-state index contributed by atoms with van der Waals surface area (Å²) < 4.78 is 11.2. The first-order chi connectivity index (χ1) is 14.9. The Hall–Kier alpha value is -4.27. The van der Waals surface area contributed by atoms with Crippen LogP contribution >= 0.6 is 0 Å². The number of phenols is 1. The highest BCUT2D eigenvalue weighted by molar-refractivity contribution is 5.79. The number of rotatable bonds is 3. The van der Waals surface area contributed by atoms with Gasteiger partial charge >= 0.3 is 5.69 Å². The van der Waals surface area contributed by atoms with Crippen molar-refractivity contribution in [2.45, 2.75) is 0 Å². The fourth-order valence-corrected chi connectivity index (χ4v) is 3.82. The van der Waals surface area contributed by atoms with Crippen molar-refractivity contribution in [1.29, 1.82) is 0 Å². The molecule has 0 saturated heterocycles. The van der Waals surface area contributed by atoms with Crippen molar-refractivity contribution in [1.82, 2.24) is 23.1 Å². The highest BCUT2D eigenvalue weighted by Crippen LogP contribution is 2.30. The molecule has 9 nitrogen and oxygen atoms in total. The predicted octanol–water partition coefficient (Wildman–Crippen LogP) is 2.06. The summed E-state index contributed by atoms with van der Waals surface area (Å²) in [5.41, 5.74) is 2.00. The number of benzene rings is 2. The van der Waals surface area contributed by atoms with E-state index in [2.05, 4.69) is 4.98 Å². The van der Waals surface area contributed by atoms with Gasteiger partial charge < -0.3 is 9.84 Å². The monoisotopic (exact) mass is 417 g/mol. The summed E-state index contributed by atoms with van der Waals surface area (Å²) in [6.45, 7) is 0. The van der Waals surface area contributed by atoms with E-state index in [4.69, 9.17) is 4.74 Å². The number of imidazole rings is 2. The maximum absolute atomic E-state index is 12.9. The summed E-state index contributed by atoms with van der Waals surface area (Å²) in [6.07, 6.45) is 1.81. The van der Waals surface area contributed by atoms with E-state index in [9.17, 15) is 14.7 Å². The van der Waals surface area contributed by atoms with Gasteiger partial charge in [-0.2, -0.15) is 4.98 Å². The molecule has 0 fully saturated rings. The van der Waals surface area contributed by atoms with E-state index >= 15 is 0 Å². The Morgan fingerprint density at radius 2 is 1.74 bits per heavy atom. The fourth-order valence-electron chi connectivity index (χ4n) is 3.82. The van der Waals surface area contributed by atoms with Crippen LogP contribution in [0.2, 0.25) is 0 Å². The van der Waals surface area contributed by atoms with Gasteiger partial charge in [0.2, 0.25) is 5.78 Å². The molecule has 156 valence electrons. The van der Waals surface area contributed by atoms with Gasteiger partial charge in [0.15, 0.2) is 11.2 Å². The molecule has 5 aromatic rings. The molecule has 0 aliphatic carbocycles. The van der Waals surface area contributed by atoms with E-state index in [1.54, 1.807) is 36.8 Å². The normalized spacial score (nSPS) is 11.5. The maximum Gasteiger partial charge on any atom is 0.332 e. The number of aryl methyl sites for hydroxylation is 1. The number of nitrogens with zero attached hydrogens (tertiary/aromatic N) is 5. The molecule has 0 bridgehead atoms. The van der Waals surface area contributed by atoms with E-state index < -0.39 is 11.2 Å². The second kappa shape index (κ2) is 6.63. The number of ether oxygens (including phenoxy) is 1. The van der Waals surface area contributed by atoms with Crippen LogP contribution in [0.4, 0.5) is 0 Å². The summed E-state index contributed by atoms with van der Waals surface area (Å²) in [5, 5.41) is 10.1. The van der Waals surface area contributed by atoms with Gasteiger partial charge in [-0.3, -0.25) is 22.9 Å². The van der Waals surface area contributed by atoms with Gasteiger partial charge in [-0.1, -0.05) is 6.07 Å². The van der Waals surface area contributed by atoms with E-state index in [0.29, 0.717) is 22.6 Å². The first-order valence-corrected chi connectivity index (χ1v) is 9.54. The van der Waals surface area contributed by atoms with Gasteiger partial charge in [-0.05, 0) is 36.4 Å². The van der Waals surface area contributed by atoms with E-state index in [-0.39, 0.29) is 5.75 Å². The minimum atomic E-state index is -0.447. The largest absolute Gasteiger partial charge is 0.508 e. The lowest BCUT2D eigenvalue weighted by Gasteiger charge is -2.10. The second-order valence-electron chi connectivity index (χ2n) is 7.26. The predicted molar refractivity (Wildman–Crippen MR) is 116 cm³/mol. The van der Waals surface area contributed by atoms with Crippen molar-refractivity contribution >= 4 is 16.9 Å². The lowest BCUT2D eigenvalue weighted by Crippen LogP contribution is -2.37. The van der Waals surface area contributed by atoms with E-state index in [1.165, 1.54) is 11.6 Å². The first-order valence-electron chi connectivity index (χ1n) is 9.54. The molecule has 0 radical (unpaired) electrons. The molecule has 3 heterocycles. The van der Waals surface area contributed by atoms with Crippen LogP contribution in [0.5, 0.6) is 11.5 Å². The smallest absolute Gasteiger partial charge is 0.332 e. The van der Waals surface area contributed by atoms with Gasteiger partial charge in [0, 0.05) is 31.9 Å². The van der Waals surface area contributed by atoms with Crippen LogP contribution in [0, 0.1) is 0 Å². The minimum Gasteiger partial charge on any atom is -0.508 e. The van der Waals surface area contributed by atoms with Crippen LogP contribution in [0.25, 0.3) is 33.9 Å². The zero-order valence-corrected chi connectivity index (χ0v) is 17.1. The fraction of sp³-hybridized carbons (Fsp3) is 0.136. The molecule has 5 rings (SSSR count). The summed E-state index contributed by atoms with van der Waals surface area (Å²) in [5.74, 6) is 1.27. The lowest BCUT2D eigenvalue weighted by atomic mass is 10.1. The van der Waals surface area contributed by atoms with Gasteiger partial charge in [0.1, 0.15) is 11.5 Å². The van der Waals surface area contributed by atoms with Crippen molar-refractivity contribution in [2.24, 2.45) is 14.1 Å². The third-order valence-electron chi connectivity index (χ3n) is 5.44. The highest BCUT2D eigenvalue weighted by atomic mass is 16.5. The van der Waals surface area contributed by atoms with Gasteiger partial charge in [-0.15, -0.1) is 0 Å². The van der Waals surface area contributed by atoms with Gasteiger partial charge in [-0.25, -0.2) is 4.79 Å². The number of hydrogen-bond donors (Lipinski definition) is 1. The van der Waals surface area contributed by atoms with Crippen LogP contribution in [-0.2, 0) is 14.1 Å². The molecule has 31 heavy (non-hydrogen) atoms. The maximum atomic E-state index is 12.9. The number of hydrogen-bond acceptors (Lipinski definition) is 5. The molecule has 0 atom stereocenters. The number of aromatic hydroxyl groups is 1.